The fourth-order valence-electron chi connectivity index (χ4n) is 2.23. The third kappa shape index (κ3) is 3.20. The van der Waals surface area contributed by atoms with E-state index in [0.717, 1.165) is 24.1 Å². The first-order valence-corrected chi connectivity index (χ1v) is 6.41. The minimum atomic E-state index is -0.412. The van der Waals surface area contributed by atoms with Gasteiger partial charge in [-0.15, -0.1) is 0 Å². The van der Waals surface area contributed by atoms with Crippen molar-refractivity contribution in [3.63, 3.8) is 0 Å². The van der Waals surface area contributed by atoms with Gasteiger partial charge in [-0.1, -0.05) is 6.92 Å². The Kier molecular flexibility index (Phi) is 4.32. The molecule has 0 aliphatic heterocycles. The molecule has 1 N–H and O–H groups in total. The Morgan fingerprint density at radius 2 is 2.05 bits per heavy atom. The van der Waals surface area contributed by atoms with Crippen LogP contribution in [-0.2, 0) is 6.54 Å². The summed E-state index contributed by atoms with van der Waals surface area (Å²) in [5, 5.41) is 3.22. The second-order valence-corrected chi connectivity index (χ2v) is 4.60. The fraction of sp³-hybridized carbons (Fsp3) is 0.333. The number of halogens is 2. The van der Waals surface area contributed by atoms with E-state index >= 15 is 0 Å². The van der Waals surface area contributed by atoms with Crippen molar-refractivity contribution >= 4 is 0 Å². The van der Waals surface area contributed by atoms with Crippen molar-refractivity contribution in [2.75, 3.05) is 7.05 Å². The fourth-order valence-corrected chi connectivity index (χ4v) is 2.23. The molecular weight excluding hydrogens is 246 g/mol. The van der Waals surface area contributed by atoms with E-state index in [1.807, 2.05) is 30.1 Å². The van der Waals surface area contributed by atoms with Crippen LogP contribution in [0.4, 0.5) is 8.78 Å². The molecule has 2 aromatic rings. The van der Waals surface area contributed by atoms with Crippen LogP contribution in [0.25, 0.3) is 0 Å². The highest BCUT2D eigenvalue weighted by Gasteiger charge is 2.09. The third-order valence-electron chi connectivity index (χ3n) is 3.29. The molecule has 0 fully saturated rings. The highest BCUT2D eigenvalue weighted by atomic mass is 19.1. The van der Waals surface area contributed by atoms with E-state index in [2.05, 4.69) is 12.2 Å². The average molecular weight is 264 g/mol. The summed E-state index contributed by atoms with van der Waals surface area (Å²) in [5.74, 6) is -0.789. The molecule has 0 spiro atoms. The van der Waals surface area contributed by atoms with Crippen LogP contribution in [-0.4, -0.2) is 11.6 Å². The van der Waals surface area contributed by atoms with Crippen molar-refractivity contribution in [1.82, 2.24) is 9.88 Å². The Hall–Kier alpha value is -1.68. The van der Waals surface area contributed by atoms with Crippen molar-refractivity contribution in [3.8, 4) is 0 Å². The Morgan fingerprint density at radius 3 is 2.74 bits per heavy atom. The Balaban J connectivity index is 2.18. The molecule has 1 aromatic carbocycles. The summed E-state index contributed by atoms with van der Waals surface area (Å²) in [6.07, 6.45) is 4.84. The van der Waals surface area contributed by atoms with Gasteiger partial charge in [-0.25, -0.2) is 8.78 Å². The number of aromatic nitrogens is 1. The normalized spacial score (nSPS) is 12.6. The largest absolute Gasteiger partial charge is 0.349 e. The third-order valence-corrected chi connectivity index (χ3v) is 3.29. The second kappa shape index (κ2) is 5.97. The van der Waals surface area contributed by atoms with Crippen LogP contribution in [0.5, 0.6) is 0 Å². The molecule has 0 saturated carbocycles. The quantitative estimate of drug-likeness (QED) is 0.874. The van der Waals surface area contributed by atoms with Crippen LogP contribution in [0.15, 0.2) is 36.7 Å². The zero-order valence-corrected chi connectivity index (χ0v) is 11.2. The van der Waals surface area contributed by atoms with Gasteiger partial charge in [0.15, 0.2) is 0 Å². The van der Waals surface area contributed by atoms with Gasteiger partial charge in [0.05, 0.1) is 0 Å². The first-order chi connectivity index (χ1) is 9.13. The molecule has 1 aromatic heterocycles. The molecule has 0 aliphatic rings. The summed E-state index contributed by atoms with van der Waals surface area (Å²) in [4.78, 5) is 0. The maximum Gasteiger partial charge on any atom is 0.128 e. The molecule has 19 heavy (non-hydrogen) atoms. The molecule has 0 radical (unpaired) electrons. The average Bonchev–Trinajstić information content (AvgIpc) is 2.84. The second-order valence-electron chi connectivity index (χ2n) is 4.60. The molecule has 1 unspecified atom stereocenters. The van der Waals surface area contributed by atoms with Gasteiger partial charge in [0, 0.05) is 30.5 Å². The van der Waals surface area contributed by atoms with E-state index in [-0.39, 0.29) is 5.82 Å². The molecule has 0 saturated heterocycles. The zero-order chi connectivity index (χ0) is 13.8. The highest BCUT2D eigenvalue weighted by Crippen LogP contribution is 2.18. The Bertz CT molecular complexity index is 545. The predicted molar refractivity (Wildman–Crippen MR) is 72.0 cm³/mol. The lowest BCUT2D eigenvalue weighted by Crippen LogP contribution is -2.14. The maximum absolute atomic E-state index is 13.6. The monoisotopic (exact) mass is 264 g/mol. The number of rotatable bonds is 5. The first-order valence-electron chi connectivity index (χ1n) is 6.41. The lowest BCUT2D eigenvalue weighted by atomic mass is 10.1. The van der Waals surface area contributed by atoms with Crippen molar-refractivity contribution in [2.24, 2.45) is 0 Å². The molecular formula is C15H18F2N2. The molecule has 0 aliphatic carbocycles. The van der Waals surface area contributed by atoms with E-state index in [9.17, 15) is 8.78 Å². The van der Waals surface area contributed by atoms with Crippen molar-refractivity contribution in [1.29, 1.82) is 0 Å². The van der Waals surface area contributed by atoms with Crippen LogP contribution in [0.2, 0.25) is 0 Å². The topological polar surface area (TPSA) is 17.0 Å². The van der Waals surface area contributed by atoms with Gasteiger partial charge in [0.25, 0.3) is 0 Å². The number of nitrogens with one attached hydrogen (secondary N) is 1. The van der Waals surface area contributed by atoms with Gasteiger partial charge in [-0.05, 0) is 43.3 Å². The lowest BCUT2D eigenvalue weighted by molar-refractivity contribution is 0.569. The van der Waals surface area contributed by atoms with Crippen molar-refractivity contribution < 1.29 is 8.78 Å². The summed E-state index contributed by atoms with van der Waals surface area (Å²) >= 11 is 0. The first kappa shape index (κ1) is 13.7. The van der Waals surface area contributed by atoms with Crippen LogP contribution in [0, 0.1) is 11.6 Å². The minimum absolute atomic E-state index is 0.290. The number of hydrogen-bond donors (Lipinski definition) is 1. The maximum atomic E-state index is 13.6. The van der Waals surface area contributed by atoms with Gasteiger partial charge in [0.2, 0.25) is 0 Å². The molecule has 1 atom stereocenters. The van der Waals surface area contributed by atoms with Crippen LogP contribution < -0.4 is 5.32 Å². The van der Waals surface area contributed by atoms with Gasteiger partial charge in [-0.3, -0.25) is 0 Å². The van der Waals surface area contributed by atoms with E-state index < -0.39 is 5.82 Å². The van der Waals surface area contributed by atoms with Crippen molar-refractivity contribution in [3.05, 3.63) is 59.4 Å². The Labute approximate surface area is 112 Å². The van der Waals surface area contributed by atoms with Gasteiger partial charge in [-0.2, -0.15) is 0 Å². The van der Waals surface area contributed by atoms with Gasteiger partial charge in [0.1, 0.15) is 11.6 Å². The summed E-state index contributed by atoms with van der Waals surface area (Å²) < 4.78 is 28.5. The van der Waals surface area contributed by atoms with E-state index in [0.29, 0.717) is 18.2 Å². The molecule has 2 rings (SSSR count). The lowest BCUT2D eigenvalue weighted by Gasteiger charge is -2.11. The molecule has 0 bridgehead atoms. The van der Waals surface area contributed by atoms with Crippen LogP contribution >= 0.6 is 0 Å². The number of nitrogens with zero attached hydrogens (tertiary/aromatic N) is 1. The highest BCUT2D eigenvalue weighted by molar-refractivity contribution is 5.21. The molecule has 102 valence electrons. The van der Waals surface area contributed by atoms with Crippen LogP contribution in [0.3, 0.4) is 0 Å². The molecule has 4 heteroatoms. The zero-order valence-electron chi connectivity index (χ0n) is 11.2. The number of hydrogen-bond acceptors (Lipinski definition) is 1. The van der Waals surface area contributed by atoms with E-state index in [1.54, 1.807) is 0 Å². The summed E-state index contributed by atoms with van der Waals surface area (Å²) in [7, 11) is 1.91. The van der Waals surface area contributed by atoms with Gasteiger partial charge < -0.3 is 9.88 Å². The van der Waals surface area contributed by atoms with Gasteiger partial charge >= 0.3 is 0 Å². The predicted octanol–water partition coefficient (Wildman–Crippen LogP) is 3.49. The molecule has 2 nitrogen and oxygen atoms in total. The number of benzene rings is 1. The standard InChI is InChI=1S/C15H18F2N2/c1-3-15(18-2)11-6-7-19(9-11)10-12-8-13(16)4-5-14(12)17/h4-9,15,18H,3,10H2,1-2H3. The SMILES string of the molecule is CCC(NC)c1ccn(Cc2cc(F)ccc2F)c1. The van der Waals surface area contributed by atoms with E-state index in [1.165, 1.54) is 6.07 Å². The molecule has 0 amide bonds. The summed E-state index contributed by atoms with van der Waals surface area (Å²) in [6, 6.07) is 5.83. The minimum Gasteiger partial charge on any atom is -0.349 e. The summed E-state index contributed by atoms with van der Waals surface area (Å²) in [6.45, 7) is 2.44. The summed E-state index contributed by atoms with van der Waals surface area (Å²) in [5.41, 5.74) is 1.52. The van der Waals surface area contributed by atoms with E-state index in [4.69, 9.17) is 0 Å². The molecule has 1 heterocycles. The Morgan fingerprint density at radius 1 is 1.26 bits per heavy atom. The van der Waals surface area contributed by atoms with Crippen LogP contribution in [0.1, 0.15) is 30.5 Å². The van der Waals surface area contributed by atoms with Crippen molar-refractivity contribution in [2.45, 2.75) is 25.9 Å². The smallest absolute Gasteiger partial charge is 0.128 e.